The molecule has 5 heteroatoms. The Labute approximate surface area is 118 Å². The molecule has 0 radical (unpaired) electrons. The van der Waals surface area contributed by atoms with Crippen LogP contribution in [0.3, 0.4) is 0 Å². The Morgan fingerprint density at radius 1 is 1.00 bits per heavy atom. The zero-order chi connectivity index (χ0) is 13.8. The second-order valence-electron chi connectivity index (χ2n) is 5.90. The lowest BCUT2D eigenvalue weighted by Crippen LogP contribution is -2.41. The van der Waals surface area contributed by atoms with Gasteiger partial charge in [0.2, 0.25) is 0 Å². The first-order chi connectivity index (χ1) is 8.82. The van der Waals surface area contributed by atoms with Crippen LogP contribution in [-0.2, 0) is 9.31 Å². The molecule has 1 aliphatic rings. The van der Waals surface area contributed by atoms with Crippen molar-refractivity contribution in [2.24, 2.45) is 0 Å². The second-order valence-corrected chi connectivity index (χ2v) is 6.27. The van der Waals surface area contributed by atoms with Gasteiger partial charge in [-0.1, -0.05) is 23.7 Å². The first-order valence-corrected chi connectivity index (χ1v) is 6.71. The van der Waals surface area contributed by atoms with E-state index in [4.69, 9.17) is 25.3 Å². The molecule has 2 aromatic rings. The Bertz CT molecular complexity index is 617. The lowest BCUT2D eigenvalue weighted by atomic mass is 9.79. The van der Waals surface area contributed by atoms with Gasteiger partial charge in [-0.25, -0.2) is 0 Å². The maximum Gasteiger partial charge on any atom is 0.496 e. The lowest BCUT2D eigenvalue weighted by molar-refractivity contribution is 0.00578. The fraction of sp³-hybridized carbons (Fsp3) is 0.429. The number of benzene rings is 1. The highest BCUT2D eigenvalue weighted by Crippen LogP contribution is 2.37. The van der Waals surface area contributed by atoms with Crippen LogP contribution in [0.25, 0.3) is 11.0 Å². The van der Waals surface area contributed by atoms with Crippen molar-refractivity contribution >= 4 is 35.2 Å². The average molecular weight is 279 g/mol. The van der Waals surface area contributed by atoms with E-state index in [1.165, 1.54) is 0 Å². The SMILES string of the molecule is CC1(C)OB(c2ccc3ccoc3c2Cl)OC1(C)C. The normalized spacial score (nSPS) is 21.2. The molecule has 1 aromatic heterocycles. The van der Waals surface area contributed by atoms with E-state index in [9.17, 15) is 0 Å². The van der Waals surface area contributed by atoms with Crippen molar-refractivity contribution in [1.29, 1.82) is 0 Å². The second kappa shape index (κ2) is 4.01. The molecule has 0 amide bonds. The summed E-state index contributed by atoms with van der Waals surface area (Å²) in [4.78, 5) is 0. The molecule has 0 bridgehead atoms. The average Bonchev–Trinajstić information content (AvgIpc) is 2.83. The summed E-state index contributed by atoms with van der Waals surface area (Å²) in [5.41, 5.74) is 0.731. The van der Waals surface area contributed by atoms with E-state index in [0.29, 0.717) is 10.6 Å². The van der Waals surface area contributed by atoms with Gasteiger partial charge in [-0.15, -0.1) is 0 Å². The molecular weight excluding hydrogens is 262 g/mol. The van der Waals surface area contributed by atoms with Gasteiger partial charge in [0, 0.05) is 10.8 Å². The van der Waals surface area contributed by atoms with Crippen LogP contribution in [0.4, 0.5) is 0 Å². The minimum absolute atomic E-state index is 0.376. The Morgan fingerprint density at radius 3 is 2.26 bits per heavy atom. The molecule has 0 unspecified atom stereocenters. The molecule has 1 aliphatic heterocycles. The molecule has 3 rings (SSSR count). The summed E-state index contributed by atoms with van der Waals surface area (Å²) in [5.74, 6) is 0. The van der Waals surface area contributed by atoms with Gasteiger partial charge < -0.3 is 13.7 Å². The molecule has 1 aromatic carbocycles. The molecule has 0 atom stereocenters. The van der Waals surface area contributed by atoms with Gasteiger partial charge >= 0.3 is 7.12 Å². The highest BCUT2D eigenvalue weighted by molar-refractivity contribution is 6.66. The molecule has 3 nitrogen and oxygen atoms in total. The van der Waals surface area contributed by atoms with Crippen molar-refractivity contribution in [1.82, 2.24) is 0 Å². The van der Waals surface area contributed by atoms with Crippen molar-refractivity contribution in [2.45, 2.75) is 38.9 Å². The topological polar surface area (TPSA) is 31.6 Å². The third-order valence-electron chi connectivity index (χ3n) is 4.10. The van der Waals surface area contributed by atoms with E-state index in [0.717, 1.165) is 10.8 Å². The maximum atomic E-state index is 6.40. The zero-order valence-electron chi connectivity index (χ0n) is 11.5. The summed E-state index contributed by atoms with van der Waals surface area (Å²) in [6, 6.07) is 5.78. The number of hydrogen-bond donors (Lipinski definition) is 0. The van der Waals surface area contributed by atoms with Crippen LogP contribution in [0, 0.1) is 0 Å². The Hall–Kier alpha value is -0.965. The van der Waals surface area contributed by atoms with Gasteiger partial charge in [0.15, 0.2) is 5.58 Å². The van der Waals surface area contributed by atoms with Crippen LogP contribution >= 0.6 is 11.6 Å². The molecule has 0 saturated carbocycles. The predicted molar refractivity (Wildman–Crippen MR) is 76.9 cm³/mol. The molecular formula is C14H16BClO3. The van der Waals surface area contributed by atoms with Gasteiger partial charge in [0.1, 0.15) is 0 Å². The molecule has 1 saturated heterocycles. The van der Waals surface area contributed by atoms with E-state index >= 15 is 0 Å². The van der Waals surface area contributed by atoms with Gasteiger partial charge in [0.05, 0.1) is 22.5 Å². The molecule has 100 valence electrons. The van der Waals surface area contributed by atoms with Crippen LogP contribution in [0.5, 0.6) is 0 Å². The molecule has 0 aliphatic carbocycles. The minimum atomic E-state index is -0.466. The Kier molecular flexibility index (Phi) is 2.75. The maximum absolute atomic E-state index is 6.40. The molecule has 19 heavy (non-hydrogen) atoms. The van der Waals surface area contributed by atoms with Gasteiger partial charge in [-0.3, -0.25) is 0 Å². The number of hydrogen-bond acceptors (Lipinski definition) is 3. The molecule has 2 heterocycles. The number of fused-ring (bicyclic) bond motifs is 1. The van der Waals surface area contributed by atoms with Crippen molar-refractivity contribution < 1.29 is 13.7 Å². The first-order valence-electron chi connectivity index (χ1n) is 6.33. The minimum Gasteiger partial charge on any atom is -0.463 e. The largest absolute Gasteiger partial charge is 0.496 e. The monoisotopic (exact) mass is 278 g/mol. The van der Waals surface area contributed by atoms with Crippen molar-refractivity contribution in [3.8, 4) is 0 Å². The van der Waals surface area contributed by atoms with Crippen LogP contribution in [0.1, 0.15) is 27.7 Å². The number of rotatable bonds is 1. The highest BCUT2D eigenvalue weighted by atomic mass is 35.5. The fourth-order valence-electron chi connectivity index (χ4n) is 2.16. The number of halogens is 1. The van der Waals surface area contributed by atoms with E-state index in [-0.39, 0.29) is 11.2 Å². The molecule has 1 fully saturated rings. The van der Waals surface area contributed by atoms with E-state index in [1.807, 2.05) is 45.9 Å². The zero-order valence-corrected chi connectivity index (χ0v) is 12.2. The van der Waals surface area contributed by atoms with Crippen LogP contribution in [-0.4, -0.2) is 18.3 Å². The van der Waals surface area contributed by atoms with Crippen LogP contribution < -0.4 is 5.46 Å². The summed E-state index contributed by atoms with van der Waals surface area (Å²) in [6.45, 7) is 8.08. The number of furan rings is 1. The van der Waals surface area contributed by atoms with Crippen molar-refractivity contribution in [2.75, 3.05) is 0 Å². The summed E-state index contributed by atoms with van der Waals surface area (Å²) in [5, 5.41) is 1.53. The summed E-state index contributed by atoms with van der Waals surface area (Å²) in [6.07, 6.45) is 1.63. The standard InChI is InChI=1S/C14H16BClO3/c1-13(2)14(3,4)19-15(18-13)10-6-5-9-7-8-17-12(9)11(10)16/h5-8H,1-4H3. The lowest BCUT2D eigenvalue weighted by Gasteiger charge is -2.32. The molecule has 0 spiro atoms. The van der Waals surface area contributed by atoms with Crippen molar-refractivity contribution in [3.05, 3.63) is 29.5 Å². The summed E-state index contributed by atoms with van der Waals surface area (Å²) in [7, 11) is -0.466. The van der Waals surface area contributed by atoms with Crippen molar-refractivity contribution in [3.63, 3.8) is 0 Å². The van der Waals surface area contributed by atoms with Crippen LogP contribution in [0.15, 0.2) is 28.9 Å². The Balaban J connectivity index is 2.04. The summed E-state index contributed by atoms with van der Waals surface area (Å²) < 4.78 is 17.4. The van der Waals surface area contributed by atoms with Gasteiger partial charge in [0.25, 0.3) is 0 Å². The third-order valence-corrected chi connectivity index (χ3v) is 4.49. The Morgan fingerprint density at radius 2 is 1.63 bits per heavy atom. The van der Waals surface area contributed by atoms with E-state index in [1.54, 1.807) is 6.26 Å². The predicted octanol–water partition coefficient (Wildman–Crippen LogP) is 3.39. The highest BCUT2D eigenvalue weighted by Gasteiger charge is 2.52. The van der Waals surface area contributed by atoms with Crippen LogP contribution in [0.2, 0.25) is 5.02 Å². The van der Waals surface area contributed by atoms with E-state index in [2.05, 4.69) is 0 Å². The van der Waals surface area contributed by atoms with Gasteiger partial charge in [-0.05, 0) is 33.8 Å². The van der Waals surface area contributed by atoms with E-state index < -0.39 is 7.12 Å². The third kappa shape index (κ3) is 1.90. The summed E-state index contributed by atoms with van der Waals surface area (Å²) >= 11 is 6.40. The smallest absolute Gasteiger partial charge is 0.463 e. The van der Waals surface area contributed by atoms with Gasteiger partial charge in [-0.2, -0.15) is 0 Å². The first kappa shape index (κ1) is 13.0. The molecule has 0 N–H and O–H groups in total. The quantitative estimate of drug-likeness (QED) is 0.749. The fourth-order valence-corrected chi connectivity index (χ4v) is 2.47.